The number of carboxylic acids is 1. The average Bonchev–Trinajstić information content (AvgIpc) is 2.94. The van der Waals surface area contributed by atoms with Crippen LogP contribution in [-0.2, 0) is 4.79 Å². The molecule has 0 radical (unpaired) electrons. The van der Waals surface area contributed by atoms with Gasteiger partial charge in [-0.25, -0.2) is 4.79 Å². The summed E-state index contributed by atoms with van der Waals surface area (Å²) >= 11 is 1.30. The second-order valence-electron chi connectivity index (χ2n) is 4.06. The molecule has 0 unspecified atom stereocenters. The Morgan fingerprint density at radius 2 is 2.10 bits per heavy atom. The van der Waals surface area contributed by atoms with E-state index in [1.165, 1.54) is 24.5 Å². The zero-order chi connectivity index (χ0) is 15.2. The number of nitrogens with one attached hydrogen (secondary N) is 1. The van der Waals surface area contributed by atoms with Gasteiger partial charge in [-0.05, 0) is 24.3 Å². The van der Waals surface area contributed by atoms with Gasteiger partial charge in [0, 0.05) is 16.3 Å². The van der Waals surface area contributed by atoms with E-state index in [1.54, 1.807) is 29.6 Å². The number of carbonyl (C=O) groups excluding carboxylic acids is 1. The second kappa shape index (κ2) is 6.71. The minimum atomic E-state index is -1.02. The van der Waals surface area contributed by atoms with Crippen molar-refractivity contribution in [1.29, 1.82) is 0 Å². The molecule has 0 aliphatic rings. The summed E-state index contributed by atoms with van der Waals surface area (Å²) in [5.74, 6) is -0.721. The van der Waals surface area contributed by atoms with Gasteiger partial charge < -0.3 is 15.2 Å². The number of carboxylic acid groups (broad SMARTS) is 1. The van der Waals surface area contributed by atoms with Gasteiger partial charge in [0.05, 0.1) is 18.4 Å². The monoisotopic (exact) mass is 303 g/mol. The lowest BCUT2D eigenvalue weighted by atomic mass is 10.2. The van der Waals surface area contributed by atoms with Crippen molar-refractivity contribution in [3.63, 3.8) is 0 Å². The van der Waals surface area contributed by atoms with Gasteiger partial charge in [-0.1, -0.05) is 12.1 Å². The van der Waals surface area contributed by atoms with E-state index in [1.807, 2.05) is 6.07 Å². The number of anilines is 1. The van der Waals surface area contributed by atoms with Gasteiger partial charge in [0.1, 0.15) is 5.75 Å². The van der Waals surface area contributed by atoms with Gasteiger partial charge in [-0.3, -0.25) is 4.79 Å². The van der Waals surface area contributed by atoms with Crippen molar-refractivity contribution in [2.75, 3.05) is 12.4 Å². The van der Waals surface area contributed by atoms with E-state index in [2.05, 4.69) is 5.32 Å². The topological polar surface area (TPSA) is 75.6 Å². The predicted octanol–water partition coefficient (Wildman–Crippen LogP) is 3.11. The van der Waals surface area contributed by atoms with E-state index in [0.717, 1.165) is 6.08 Å². The number of rotatable bonds is 5. The predicted molar refractivity (Wildman–Crippen MR) is 81.9 cm³/mol. The molecule has 0 spiro atoms. The Morgan fingerprint density at radius 1 is 1.33 bits per heavy atom. The molecular formula is C15H13NO4S. The maximum Gasteiger partial charge on any atom is 0.328 e. The molecule has 0 bridgehead atoms. The lowest BCUT2D eigenvalue weighted by Gasteiger charge is -2.08. The Balaban J connectivity index is 2.12. The normalized spacial score (nSPS) is 10.5. The SMILES string of the molecule is COc1ccccc1NC(=O)c1csc(C=CC(=O)O)c1. The minimum absolute atomic E-state index is 0.272. The first-order chi connectivity index (χ1) is 10.1. The molecule has 5 nitrogen and oxygen atoms in total. The number of carbonyl (C=O) groups is 2. The fourth-order valence-corrected chi connectivity index (χ4v) is 2.43. The number of aliphatic carboxylic acids is 1. The van der Waals surface area contributed by atoms with E-state index in [4.69, 9.17) is 9.84 Å². The van der Waals surface area contributed by atoms with Crippen molar-refractivity contribution >= 4 is 35.0 Å². The summed E-state index contributed by atoms with van der Waals surface area (Å²) < 4.78 is 5.16. The molecule has 2 N–H and O–H groups in total. The fourth-order valence-electron chi connectivity index (χ4n) is 1.66. The van der Waals surface area contributed by atoms with Crippen molar-refractivity contribution in [2.24, 2.45) is 0 Å². The van der Waals surface area contributed by atoms with Crippen LogP contribution in [0.1, 0.15) is 15.2 Å². The van der Waals surface area contributed by atoms with Crippen LogP contribution in [0.15, 0.2) is 41.8 Å². The highest BCUT2D eigenvalue weighted by Crippen LogP contribution is 2.24. The molecular weight excluding hydrogens is 290 g/mol. The Kier molecular flexibility index (Phi) is 4.73. The van der Waals surface area contributed by atoms with Gasteiger partial charge in [-0.15, -0.1) is 11.3 Å². The molecule has 0 fully saturated rings. The van der Waals surface area contributed by atoms with Gasteiger partial charge in [-0.2, -0.15) is 0 Å². The fraction of sp³-hybridized carbons (Fsp3) is 0.0667. The van der Waals surface area contributed by atoms with Crippen molar-refractivity contribution < 1.29 is 19.4 Å². The van der Waals surface area contributed by atoms with Crippen molar-refractivity contribution in [1.82, 2.24) is 0 Å². The first-order valence-corrected chi connectivity index (χ1v) is 6.92. The largest absolute Gasteiger partial charge is 0.495 e. The number of ether oxygens (including phenoxy) is 1. The first kappa shape index (κ1) is 14.8. The summed E-state index contributed by atoms with van der Waals surface area (Å²) in [5, 5.41) is 13.0. The third-order valence-electron chi connectivity index (χ3n) is 2.63. The molecule has 2 aromatic rings. The van der Waals surface area contributed by atoms with Crippen LogP contribution in [0.5, 0.6) is 5.75 Å². The van der Waals surface area contributed by atoms with Crippen LogP contribution in [0.3, 0.4) is 0 Å². The van der Waals surface area contributed by atoms with Crippen LogP contribution in [0.4, 0.5) is 5.69 Å². The molecule has 108 valence electrons. The van der Waals surface area contributed by atoms with Crippen LogP contribution in [0, 0.1) is 0 Å². The molecule has 0 saturated heterocycles. The van der Waals surface area contributed by atoms with Crippen molar-refractivity contribution in [2.45, 2.75) is 0 Å². The molecule has 1 aromatic carbocycles. The van der Waals surface area contributed by atoms with Crippen LogP contribution < -0.4 is 10.1 Å². The Bertz CT molecular complexity index is 690. The third-order valence-corrected chi connectivity index (χ3v) is 3.53. The number of methoxy groups -OCH3 is 1. The summed E-state index contributed by atoms with van der Waals surface area (Å²) in [6.07, 6.45) is 2.49. The first-order valence-electron chi connectivity index (χ1n) is 6.04. The number of hydrogen-bond donors (Lipinski definition) is 2. The smallest absolute Gasteiger partial charge is 0.328 e. The molecule has 0 aliphatic carbocycles. The molecule has 2 rings (SSSR count). The maximum absolute atomic E-state index is 12.1. The summed E-state index contributed by atoms with van der Waals surface area (Å²) in [4.78, 5) is 23.3. The summed E-state index contributed by atoms with van der Waals surface area (Å²) in [7, 11) is 1.53. The summed E-state index contributed by atoms with van der Waals surface area (Å²) in [5.41, 5.74) is 1.05. The molecule has 21 heavy (non-hydrogen) atoms. The van der Waals surface area contributed by atoms with Crippen molar-refractivity contribution in [3.8, 4) is 5.75 Å². The molecule has 0 saturated carbocycles. The number of amides is 1. The standard InChI is InChI=1S/C15H13NO4S/c1-20-13-5-3-2-4-12(13)16-15(19)10-8-11(21-9-10)6-7-14(17)18/h2-9H,1H3,(H,16,19)(H,17,18). The lowest BCUT2D eigenvalue weighted by molar-refractivity contribution is -0.131. The van der Waals surface area contributed by atoms with Crippen LogP contribution in [0.2, 0.25) is 0 Å². The lowest BCUT2D eigenvalue weighted by Crippen LogP contribution is -2.11. The molecule has 0 atom stereocenters. The van der Waals surface area contributed by atoms with E-state index in [-0.39, 0.29) is 5.91 Å². The van der Waals surface area contributed by atoms with E-state index in [0.29, 0.717) is 21.9 Å². The quantitative estimate of drug-likeness (QED) is 0.832. The minimum Gasteiger partial charge on any atom is -0.495 e. The molecule has 1 amide bonds. The highest BCUT2D eigenvalue weighted by molar-refractivity contribution is 7.11. The average molecular weight is 303 g/mol. The summed E-state index contributed by atoms with van der Waals surface area (Å²) in [6.45, 7) is 0. The van der Waals surface area contributed by atoms with E-state index < -0.39 is 5.97 Å². The van der Waals surface area contributed by atoms with Gasteiger partial charge in [0.15, 0.2) is 0 Å². The maximum atomic E-state index is 12.1. The number of hydrogen-bond acceptors (Lipinski definition) is 4. The third kappa shape index (κ3) is 3.93. The van der Waals surface area contributed by atoms with Crippen molar-refractivity contribution in [3.05, 3.63) is 52.2 Å². The molecule has 0 aliphatic heterocycles. The van der Waals surface area contributed by atoms with Crippen LogP contribution in [0.25, 0.3) is 6.08 Å². The Labute approximate surface area is 125 Å². The van der Waals surface area contributed by atoms with Crippen LogP contribution in [-0.4, -0.2) is 24.1 Å². The zero-order valence-electron chi connectivity index (χ0n) is 11.2. The van der Waals surface area contributed by atoms with Gasteiger partial charge in [0.25, 0.3) is 5.91 Å². The Morgan fingerprint density at radius 3 is 2.81 bits per heavy atom. The number of para-hydroxylation sites is 2. The summed E-state index contributed by atoms with van der Waals surface area (Å²) in [6, 6.07) is 8.74. The zero-order valence-corrected chi connectivity index (χ0v) is 12.0. The van der Waals surface area contributed by atoms with E-state index in [9.17, 15) is 9.59 Å². The Hall–Kier alpha value is -2.60. The second-order valence-corrected chi connectivity index (χ2v) is 5.01. The highest BCUT2D eigenvalue weighted by Gasteiger charge is 2.10. The van der Waals surface area contributed by atoms with Gasteiger partial charge in [0.2, 0.25) is 0 Å². The number of thiophene rings is 1. The molecule has 6 heteroatoms. The molecule has 1 aromatic heterocycles. The number of benzene rings is 1. The highest BCUT2D eigenvalue weighted by atomic mass is 32.1. The molecule has 1 heterocycles. The van der Waals surface area contributed by atoms with E-state index >= 15 is 0 Å². The van der Waals surface area contributed by atoms with Gasteiger partial charge >= 0.3 is 5.97 Å². The van der Waals surface area contributed by atoms with Crippen LogP contribution >= 0.6 is 11.3 Å².